The van der Waals surface area contributed by atoms with Crippen LogP contribution >= 0.6 is 0 Å². The van der Waals surface area contributed by atoms with Crippen LogP contribution in [0.15, 0.2) is 0 Å². The average molecular weight is 252 g/mol. The molecule has 0 aliphatic rings. The van der Waals surface area contributed by atoms with E-state index in [9.17, 15) is 4.79 Å². The van der Waals surface area contributed by atoms with Crippen LogP contribution in [0.2, 0.25) is 0 Å². The molecule has 0 rings (SSSR count). The van der Waals surface area contributed by atoms with Gasteiger partial charge >= 0.3 is 5.97 Å². The molecule has 0 aromatic heterocycles. The number of carbonyl (C=O) groups excluding carboxylic acids is 1. The molecule has 0 fully saturated rings. The molecule has 0 aliphatic heterocycles. The number of esters is 1. The predicted octanol–water partition coefficient (Wildman–Crippen LogP) is 1.98. The maximum absolute atomic E-state index is 10.8. The molecule has 0 saturated carbocycles. The number of rotatable bonds is 3. The van der Waals surface area contributed by atoms with Gasteiger partial charge in [-0.15, -0.1) is 0 Å². The molecular formula is C8H16AgO2. The third-order valence-electron chi connectivity index (χ3n) is 0.942. The summed E-state index contributed by atoms with van der Waals surface area (Å²) in [6.07, 6.45) is 0.546. The summed E-state index contributed by atoms with van der Waals surface area (Å²) in [6.45, 7) is 7.72. The van der Waals surface area contributed by atoms with Crippen molar-refractivity contribution in [1.29, 1.82) is 0 Å². The van der Waals surface area contributed by atoms with Gasteiger partial charge in [0.2, 0.25) is 0 Å². The van der Waals surface area contributed by atoms with Crippen LogP contribution in [0.3, 0.4) is 0 Å². The van der Waals surface area contributed by atoms with Crippen molar-refractivity contribution in [2.75, 3.05) is 0 Å². The van der Waals surface area contributed by atoms with Crippen LogP contribution in [-0.4, -0.2) is 12.1 Å². The van der Waals surface area contributed by atoms with Crippen molar-refractivity contribution in [3.05, 3.63) is 0 Å². The van der Waals surface area contributed by atoms with Crippen LogP contribution in [0.25, 0.3) is 0 Å². The van der Waals surface area contributed by atoms with Crippen LogP contribution in [0, 0.1) is 5.92 Å². The Balaban J connectivity index is 0. The SMILES string of the molecule is CC(C)CC(=O)OC(C)C.[Ag]. The Morgan fingerprint density at radius 1 is 1.27 bits per heavy atom. The van der Waals surface area contributed by atoms with Crippen LogP contribution in [-0.2, 0) is 31.9 Å². The molecule has 0 heterocycles. The van der Waals surface area contributed by atoms with E-state index in [0.717, 1.165) is 0 Å². The average Bonchev–Trinajstić information content (AvgIpc) is 1.58. The van der Waals surface area contributed by atoms with Gasteiger partial charge in [0.25, 0.3) is 0 Å². The molecule has 0 spiro atoms. The minimum absolute atomic E-state index is 0. The van der Waals surface area contributed by atoms with Gasteiger partial charge in [-0.2, -0.15) is 0 Å². The maximum atomic E-state index is 10.8. The largest absolute Gasteiger partial charge is 0.463 e. The minimum Gasteiger partial charge on any atom is -0.463 e. The molecule has 0 amide bonds. The second-order valence-corrected chi connectivity index (χ2v) is 3.14. The van der Waals surface area contributed by atoms with E-state index in [1.54, 1.807) is 0 Å². The van der Waals surface area contributed by atoms with E-state index in [1.165, 1.54) is 0 Å². The van der Waals surface area contributed by atoms with Gasteiger partial charge < -0.3 is 4.74 Å². The summed E-state index contributed by atoms with van der Waals surface area (Å²) < 4.78 is 4.92. The van der Waals surface area contributed by atoms with E-state index in [1.807, 2.05) is 27.7 Å². The third kappa shape index (κ3) is 10.2. The summed E-state index contributed by atoms with van der Waals surface area (Å²) in [5.74, 6) is 0.302. The van der Waals surface area contributed by atoms with E-state index < -0.39 is 0 Å². The van der Waals surface area contributed by atoms with Gasteiger partial charge in [-0.05, 0) is 19.8 Å². The molecule has 71 valence electrons. The Bertz CT molecular complexity index is 98.7. The topological polar surface area (TPSA) is 26.3 Å². The van der Waals surface area contributed by atoms with Crippen LogP contribution in [0.5, 0.6) is 0 Å². The summed E-state index contributed by atoms with van der Waals surface area (Å²) >= 11 is 0. The van der Waals surface area contributed by atoms with Crippen molar-refractivity contribution < 1.29 is 31.9 Å². The fourth-order valence-electron chi connectivity index (χ4n) is 0.644. The molecule has 0 aromatic carbocycles. The molecule has 3 heteroatoms. The number of hydrogen-bond donors (Lipinski definition) is 0. The van der Waals surface area contributed by atoms with Crippen molar-refractivity contribution in [1.82, 2.24) is 0 Å². The number of hydrogen-bond acceptors (Lipinski definition) is 2. The first-order valence-corrected chi connectivity index (χ1v) is 3.72. The molecule has 0 unspecified atom stereocenters. The van der Waals surface area contributed by atoms with Crippen molar-refractivity contribution in [3.63, 3.8) is 0 Å². The van der Waals surface area contributed by atoms with Gasteiger partial charge in [0.05, 0.1) is 6.10 Å². The van der Waals surface area contributed by atoms with Crippen molar-refractivity contribution in [2.45, 2.75) is 40.2 Å². The number of carbonyl (C=O) groups is 1. The summed E-state index contributed by atoms with van der Waals surface area (Å²) in [4.78, 5) is 10.8. The molecule has 0 atom stereocenters. The van der Waals surface area contributed by atoms with Crippen molar-refractivity contribution >= 4 is 5.97 Å². The smallest absolute Gasteiger partial charge is 0.306 e. The molecule has 1 radical (unpaired) electrons. The first-order chi connectivity index (χ1) is 4.52. The zero-order valence-corrected chi connectivity index (χ0v) is 8.96. The fraction of sp³-hybridized carbons (Fsp3) is 0.875. The third-order valence-corrected chi connectivity index (χ3v) is 0.942. The molecule has 0 aromatic rings. The predicted molar refractivity (Wildman–Crippen MR) is 40.7 cm³/mol. The molecule has 0 aliphatic carbocycles. The minimum atomic E-state index is -0.0926. The van der Waals surface area contributed by atoms with Gasteiger partial charge in [0.1, 0.15) is 0 Å². The zero-order valence-electron chi connectivity index (χ0n) is 7.48. The Morgan fingerprint density at radius 3 is 2.00 bits per heavy atom. The van der Waals surface area contributed by atoms with Crippen LogP contribution < -0.4 is 0 Å². The first kappa shape index (κ1) is 13.8. The Labute approximate surface area is 84.2 Å². The van der Waals surface area contributed by atoms with E-state index in [0.29, 0.717) is 12.3 Å². The summed E-state index contributed by atoms with van der Waals surface area (Å²) in [6, 6.07) is 0. The zero-order chi connectivity index (χ0) is 8.15. The Kier molecular flexibility index (Phi) is 8.63. The van der Waals surface area contributed by atoms with Crippen molar-refractivity contribution in [3.8, 4) is 0 Å². The quantitative estimate of drug-likeness (QED) is 0.567. The second kappa shape index (κ2) is 6.89. The van der Waals surface area contributed by atoms with E-state index in [2.05, 4.69) is 0 Å². The molecular weight excluding hydrogens is 236 g/mol. The number of ether oxygens (including phenoxy) is 1. The summed E-state index contributed by atoms with van der Waals surface area (Å²) in [7, 11) is 0. The standard InChI is InChI=1S/C8H16O2.Ag/c1-6(2)5-8(9)10-7(3)4;/h6-7H,5H2,1-4H3;. The molecule has 0 bridgehead atoms. The van der Waals surface area contributed by atoms with Gasteiger partial charge in [-0.3, -0.25) is 4.79 Å². The van der Waals surface area contributed by atoms with Gasteiger partial charge in [0.15, 0.2) is 0 Å². The maximum Gasteiger partial charge on any atom is 0.306 e. The molecule has 11 heavy (non-hydrogen) atoms. The molecule has 2 nitrogen and oxygen atoms in total. The fourth-order valence-corrected chi connectivity index (χ4v) is 0.644. The Morgan fingerprint density at radius 2 is 1.73 bits per heavy atom. The Hall–Kier alpha value is 0.210. The summed E-state index contributed by atoms with van der Waals surface area (Å²) in [5, 5.41) is 0. The van der Waals surface area contributed by atoms with E-state index >= 15 is 0 Å². The van der Waals surface area contributed by atoms with Gasteiger partial charge in [-0.25, -0.2) is 0 Å². The monoisotopic (exact) mass is 251 g/mol. The van der Waals surface area contributed by atoms with Gasteiger partial charge in [0, 0.05) is 28.8 Å². The van der Waals surface area contributed by atoms with Crippen LogP contribution in [0.1, 0.15) is 34.1 Å². The first-order valence-electron chi connectivity index (χ1n) is 3.72. The second-order valence-electron chi connectivity index (χ2n) is 3.14. The van der Waals surface area contributed by atoms with Crippen LogP contribution in [0.4, 0.5) is 0 Å². The molecule has 0 saturated heterocycles. The van der Waals surface area contributed by atoms with E-state index in [-0.39, 0.29) is 34.5 Å². The summed E-state index contributed by atoms with van der Waals surface area (Å²) in [5.41, 5.74) is 0. The normalized spacial score (nSPS) is 9.64. The van der Waals surface area contributed by atoms with E-state index in [4.69, 9.17) is 4.74 Å². The van der Waals surface area contributed by atoms with Crippen molar-refractivity contribution in [2.24, 2.45) is 5.92 Å². The molecule has 0 N–H and O–H groups in total. The van der Waals surface area contributed by atoms with Gasteiger partial charge in [-0.1, -0.05) is 13.8 Å².